The number of aromatic hydroxyl groups is 1. The maximum absolute atomic E-state index is 10.9. The highest BCUT2D eigenvalue weighted by Gasteiger charge is 2.09. The van der Waals surface area contributed by atoms with Crippen molar-refractivity contribution in [2.75, 3.05) is 7.11 Å². The number of methoxy groups -OCH3 is 1. The summed E-state index contributed by atoms with van der Waals surface area (Å²) < 4.78 is 5.10. The standard InChI is InChI=1S/C12H10O4/c1-16-11-5-8(12(14)15)4-7-2-3-9(13)6-10(7)11/h2-6,13H,1H3,(H,14,15). The van der Waals surface area contributed by atoms with E-state index in [1.807, 2.05) is 0 Å². The van der Waals surface area contributed by atoms with Crippen molar-refractivity contribution >= 4 is 16.7 Å². The number of hydrogen-bond acceptors (Lipinski definition) is 3. The molecule has 0 atom stereocenters. The molecule has 2 N–H and O–H groups in total. The van der Waals surface area contributed by atoms with Gasteiger partial charge in [0.25, 0.3) is 0 Å². The van der Waals surface area contributed by atoms with Gasteiger partial charge in [-0.1, -0.05) is 6.07 Å². The first-order valence-corrected chi connectivity index (χ1v) is 4.66. The number of phenolic OH excluding ortho intramolecular Hbond substituents is 1. The van der Waals surface area contributed by atoms with Crippen LogP contribution in [0.25, 0.3) is 10.8 Å². The van der Waals surface area contributed by atoms with E-state index in [4.69, 9.17) is 9.84 Å². The number of hydrogen-bond donors (Lipinski definition) is 2. The van der Waals surface area contributed by atoms with Crippen molar-refractivity contribution in [3.63, 3.8) is 0 Å². The molecular formula is C12H10O4. The van der Waals surface area contributed by atoms with E-state index < -0.39 is 5.97 Å². The highest BCUT2D eigenvalue weighted by atomic mass is 16.5. The summed E-state index contributed by atoms with van der Waals surface area (Å²) in [6.45, 7) is 0. The van der Waals surface area contributed by atoms with Gasteiger partial charge in [0.05, 0.1) is 12.7 Å². The van der Waals surface area contributed by atoms with Gasteiger partial charge in [0.15, 0.2) is 0 Å². The highest BCUT2D eigenvalue weighted by molar-refractivity contribution is 5.98. The Balaban J connectivity index is 2.78. The van der Waals surface area contributed by atoms with E-state index in [9.17, 15) is 9.90 Å². The van der Waals surface area contributed by atoms with Crippen LogP contribution in [-0.2, 0) is 0 Å². The molecule has 0 aliphatic rings. The Morgan fingerprint density at radius 1 is 1.25 bits per heavy atom. The molecule has 0 amide bonds. The van der Waals surface area contributed by atoms with Crippen molar-refractivity contribution < 1.29 is 19.7 Å². The van der Waals surface area contributed by atoms with Crippen LogP contribution < -0.4 is 4.74 Å². The third-order valence-electron chi connectivity index (χ3n) is 2.37. The Labute approximate surface area is 91.7 Å². The molecule has 82 valence electrons. The molecule has 2 rings (SSSR count). The summed E-state index contributed by atoms with van der Waals surface area (Å²) in [5.41, 5.74) is 0.162. The fourth-order valence-electron chi connectivity index (χ4n) is 1.60. The predicted octanol–water partition coefficient (Wildman–Crippen LogP) is 2.25. The molecule has 4 heteroatoms. The Morgan fingerprint density at radius 2 is 2.00 bits per heavy atom. The molecule has 0 bridgehead atoms. The Morgan fingerprint density at radius 3 is 2.62 bits per heavy atom. The Bertz CT molecular complexity index is 560. The van der Waals surface area contributed by atoms with Crippen LogP contribution in [0.4, 0.5) is 0 Å². The third-order valence-corrected chi connectivity index (χ3v) is 2.37. The van der Waals surface area contributed by atoms with Gasteiger partial charge in [0.2, 0.25) is 0 Å². The summed E-state index contributed by atoms with van der Waals surface area (Å²) in [6, 6.07) is 7.68. The second-order valence-electron chi connectivity index (χ2n) is 3.39. The molecule has 0 saturated heterocycles. The zero-order valence-corrected chi connectivity index (χ0v) is 8.60. The highest BCUT2D eigenvalue weighted by Crippen LogP contribution is 2.30. The van der Waals surface area contributed by atoms with Crippen LogP contribution in [0.2, 0.25) is 0 Å². The van der Waals surface area contributed by atoms with Crippen LogP contribution >= 0.6 is 0 Å². The van der Waals surface area contributed by atoms with Crippen LogP contribution in [0.15, 0.2) is 30.3 Å². The van der Waals surface area contributed by atoms with E-state index >= 15 is 0 Å². The first-order valence-electron chi connectivity index (χ1n) is 4.66. The lowest BCUT2D eigenvalue weighted by Crippen LogP contribution is -1.97. The number of ether oxygens (including phenoxy) is 1. The van der Waals surface area contributed by atoms with Gasteiger partial charge in [-0.25, -0.2) is 4.79 Å². The molecule has 4 nitrogen and oxygen atoms in total. The first kappa shape index (κ1) is 10.3. The topological polar surface area (TPSA) is 66.8 Å². The average molecular weight is 218 g/mol. The molecule has 0 aliphatic carbocycles. The van der Waals surface area contributed by atoms with Crippen molar-refractivity contribution in [3.8, 4) is 11.5 Å². The van der Waals surface area contributed by atoms with Gasteiger partial charge in [-0.2, -0.15) is 0 Å². The van der Waals surface area contributed by atoms with Gasteiger partial charge in [0, 0.05) is 5.39 Å². The van der Waals surface area contributed by atoms with Crippen molar-refractivity contribution in [1.82, 2.24) is 0 Å². The average Bonchev–Trinajstić information content (AvgIpc) is 2.27. The number of carboxylic acid groups (broad SMARTS) is 1. The van der Waals surface area contributed by atoms with Crippen molar-refractivity contribution in [1.29, 1.82) is 0 Å². The Kier molecular flexibility index (Phi) is 2.40. The summed E-state index contributed by atoms with van der Waals surface area (Å²) in [6.07, 6.45) is 0. The zero-order valence-electron chi connectivity index (χ0n) is 8.60. The van der Waals surface area contributed by atoms with E-state index in [1.54, 1.807) is 18.2 Å². The Hall–Kier alpha value is -2.23. The normalized spacial score (nSPS) is 10.3. The zero-order chi connectivity index (χ0) is 11.7. The lowest BCUT2D eigenvalue weighted by Gasteiger charge is -2.07. The summed E-state index contributed by atoms with van der Waals surface area (Å²) in [7, 11) is 1.46. The fraction of sp³-hybridized carbons (Fsp3) is 0.0833. The summed E-state index contributed by atoms with van der Waals surface area (Å²) in [5, 5.41) is 19.7. The molecule has 0 aromatic heterocycles. The third kappa shape index (κ3) is 1.65. The molecule has 2 aromatic rings. The van der Waals surface area contributed by atoms with E-state index in [0.29, 0.717) is 11.1 Å². The first-order chi connectivity index (χ1) is 7.61. The number of fused-ring (bicyclic) bond motifs is 1. The van der Waals surface area contributed by atoms with Gasteiger partial charge in [-0.05, 0) is 29.7 Å². The lowest BCUT2D eigenvalue weighted by molar-refractivity contribution is 0.0696. The van der Waals surface area contributed by atoms with Crippen LogP contribution in [-0.4, -0.2) is 23.3 Å². The van der Waals surface area contributed by atoms with Crippen molar-refractivity contribution in [2.24, 2.45) is 0 Å². The SMILES string of the molecule is COc1cc(C(=O)O)cc2ccc(O)cc12. The minimum Gasteiger partial charge on any atom is -0.508 e. The molecule has 16 heavy (non-hydrogen) atoms. The quantitative estimate of drug-likeness (QED) is 0.811. The molecular weight excluding hydrogens is 208 g/mol. The summed E-state index contributed by atoms with van der Waals surface area (Å²) >= 11 is 0. The lowest BCUT2D eigenvalue weighted by atomic mass is 10.1. The second-order valence-corrected chi connectivity index (χ2v) is 3.39. The number of rotatable bonds is 2. The van der Waals surface area contributed by atoms with Crippen molar-refractivity contribution in [3.05, 3.63) is 35.9 Å². The molecule has 0 spiro atoms. The number of carbonyl (C=O) groups is 1. The second kappa shape index (κ2) is 3.73. The molecule has 0 radical (unpaired) electrons. The van der Waals surface area contributed by atoms with Gasteiger partial charge in [0.1, 0.15) is 11.5 Å². The van der Waals surface area contributed by atoms with Gasteiger partial charge in [-0.3, -0.25) is 0 Å². The molecule has 0 fully saturated rings. The van der Waals surface area contributed by atoms with Crippen LogP contribution in [0, 0.1) is 0 Å². The van der Waals surface area contributed by atoms with Gasteiger partial charge >= 0.3 is 5.97 Å². The van der Waals surface area contributed by atoms with Crippen LogP contribution in [0.1, 0.15) is 10.4 Å². The molecule has 0 heterocycles. The van der Waals surface area contributed by atoms with Crippen LogP contribution in [0.5, 0.6) is 11.5 Å². The maximum atomic E-state index is 10.9. The summed E-state index contributed by atoms with van der Waals surface area (Å²) in [5.74, 6) is -0.451. The number of benzene rings is 2. The van der Waals surface area contributed by atoms with E-state index in [0.717, 1.165) is 5.39 Å². The molecule has 2 aromatic carbocycles. The number of carboxylic acids is 1. The van der Waals surface area contributed by atoms with E-state index in [-0.39, 0.29) is 11.3 Å². The number of phenols is 1. The van der Waals surface area contributed by atoms with Crippen LogP contribution in [0.3, 0.4) is 0 Å². The minimum absolute atomic E-state index is 0.119. The minimum atomic E-state index is -1.01. The van der Waals surface area contributed by atoms with Gasteiger partial charge < -0.3 is 14.9 Å². The van der Waals surface area contributed by atoms with Crippen molar-refractivity contribution in [2.45, 2.75) is 0 Å². The number of aromatic carboxylic acids is 1. The fourth-order valence-corrected chi connectivity index (χ4v) is 1.60. The summed E-state index contributed by atoms with van der Waals surface area (Å²) in [4.78, 5) is 10.9. The molecule has 0 aliphatic heterocycles. The smallest absolute Gasteiger partial charge is 0.335 e. The largest absolute Gasteiger partial charge is 0.508 e. The molecule has 0 saturated carbocycles. The van der Waals surface area contributed by atoms with E-state index in [1.165, 1.54) is 19.2 Å². The van der Waals surface area contributed by atoms with E-state index in [2.05, 4.69) is 0 Å². The molecule has 0 unspecified atom stereocenters. The van der Waals surface area contributed by atoms with Gasteiger partial charge in [-0.15, -0.1) is 0 Å². The maximum Gasteiger partial charge on any atom is 0.335 e. The monoisotopic (exact) mass is 218 g/mol. The predicted molar refractivity (Wildman–Crippen MR) is 59.1 cm³/mol.